The second-order valence-corrected chi connectivity index (χ2v) is 7.05. The number of rotatable bonds is 9. The van der Waals surface area contributed by atoms with Crippen LogP contribution < -0.4 is 18.9 Å². The average molecular weight is 365 g/mol. The quantitative estimate of drug-likeness (QED) is 0.692. The fraction of sp³-hybridized carbons (Fsp3) is 0.333. The molecule has 0 bridgehead atoms. The highest BCUT2D eigenvalue weighted by atomic mass is 32.2. The second-order valence-electron chi connectivity index (χ2n) is 5.29. The lowest BCUT2D eigenvalue weighted by molar-refractivity contribution is 0.313. The minimum atomic E-state index is -3.59. The third kappa shape index (κ3) is 5.37. The van der Waals surface area contributed by atoms with E-state index in [9.17, 15) is 8.42 Å². The molecule has 2 aromatic rings. The van der Waals surface area contributed by atoms with Crippen LogP contribution in [0.15, 0.2) is 47.4 Å². The predicted molar refractivity (Wildman–Crippen MR) is 96.0 cm³/mol. The zero-order chi connectivity index (χ0) is 18.3. The molecular weight excluding hydrogens is 342 g/mol. The van der Waals surface area contributed by atoms with Crippen LogP contribution >= 0.6 is 0 Å². The lowest BCUT2D eigenvalue weighted by Gasteiger charge is -2.11. The first kappa shape index (κ1) is 19.1. The first-order valence-electron chi connectivity index (χ1n) is 7.96. The third-order valence-corrected chi connectivity index (χ3v) is 4.91. The van der Waals surface area contributed by atoms with Gasteiger partial charge in [-0.25, -0.2) is 13.1 Å². The molecule has 0 radical (unpaired) electrons. The number of aryl methyl sites for hydroxylation is 1. The van der Waals surface area contributed by atoms with Gasteiger partial charge in [0, 0.05) is 12.6 Å². The molecule has 0 fully saturated rings. The molecule has 0 heterocycles. The van der Waals surface area contributed by atoms with Crippen molar-refractivity contribution in [2.24, 2.45) is 0 Å². The van der Waals surface area contributed by atoms with E-state index in [0.717, 1.165) is 5.56 Å². The number of benzene rings is 2. The Morgan fingerprint density at radius 1 is 1.04 bits per heavy atom. The number of sulfonamides is 1. The van der Waals surface area contributed by atoms with Crippen LogP contribution in [0.4, 0.5) is 0 Å². The molecule has 0 atom stereocenters. The van der Waals surface area contributed by atoms with Crippen LogP contribution in [-0.2, 0) is 10.0 Å². The molecule has 1 N–H and O–H groups in total. The van der Waals surface area contributed by atoms with Crippen molar-refractivity contribution in [2.45, 2.75) is 18.7 Å². The molecular formula is C18H23NO5S. The molecule has 0 spiro atoms. The van der Waals surface area contributed by atoms with E-state index in [-0.39, 0.29) is 18.0 Å². The number of methoxy groups -OCH3 is 1. The van der Waals surface area contributed by atoms with Crippen molar-refractivity contribution in [3.63, 3.8) is 0 Å². The van der Waals surface area contributed by atoms with Gasteiger partial charge in [-0.15, -0.1) is 0 Å². The normalized spacial score (nSPS) is 11.2. The molecule has 0 aliphatic heterocycles. The Labute approximate surface area is 148 Å². The molecule has 6 nitrogen and oxygen atoms in total. The van der Waals surface area contributed by atoms with E-state index < -0.39 is 10.0 Å². The fourth-order valence-corrected chi connectivity index (χ4v) is 3.36. The Bertz CT molecular complexity index is 805. The van der Waals surface area contributed by atoms with Crippen molar-refractivity contribution in [3.05, 3.63) is 48.0 Å². The van der Waals surface area contributed by atoms with Gasteiger partial charge in [0.05, 0.1) is 18.6 Å². The number of hydrogen-bond acceptors (Lipinski definition) is 5. The highest BCUT2D eigenvalue weighted by molar-refractivity contribution is 7.89. The molecule has 0 saturated heterocycles. The zero-order valence-electron chi connectivity index (χ0n) is 14.6. The minimum absolute atomic E-state index is 0.159. The lowest BCUT2D eigenvalue weighted by Crippen LogP contribution is -2.28. The van der Waals surface area contributed by atoms with Gasteiger partial charge in [-0.05, 0) is 49.7 Å². The van der Waals surface area contributed by atoms with Crippen LogP contribution in [-0.4, -0.2) is 35.3 Å². The van der Waals surface area contributed by atoms with E-state index in [1.54, 1.807) is 38.3 Å². The van der Waals surface area contributed by atoms with E-state index >= 15 is 0 Å². The van der Waals surface area contributed by atoms with E-state index in [0.29, 0.717) is 23.9 Å². The summed E-state index contributed by atoms with van der Waals surface area (Å²) in [6, 6.07) is 12.0. The largest absolute Gasteiger partial charge is 0.496 e. The summed E-state index contributed by atoms with van der Waals surface area (Å²) in [5, 5.41) is 0. The van der Waals surface area contributed by atoms with Crippen LogP contribution in [0.2, 0.25) is 0 Å². The van der Waals surface area contributed by atoms with Crippen LogP contribution in [0.25, 0.3) is 0 Å². The molecule has 0 saturated carbocycles. The molecule has 0 unspecified atom stereocenters. The van der Waals surface area contributed by atoms with Gasteiger partial charge in [-0.2, -0.15) is 0 Å². The Morgan fingerprint density at radius 2 is 1.76 bits per heavy atom. The van der Waals surface area contributed by atoms with E-state index in [4.69, 9.17) is 14.2 Å². The van der Waals surface area contributed by atoms with Crippen LogP contribution in [0.1, 0.15) is 12.5 Å². The van der Waals surface area contributed by atoms with Gasteiger partial charge >= 0.3 is 0 Å². The number of ether oxygens (including phenoxy) is 3. The fourth-order valence-electron chi connectivity index (χ4n) is 2.27. The minimum Gasteiger partial charge on any atom is -0.496 e. The van der Waals surface area contributed by atoms with Gasteiger partial charge in [0.25, 0.3) is 0 Å². The van der Waals surface area contributed by atoms with Gasteiger partial charge in [0.15, 0.2) is 0 Å². The Morgan fingerprint density at radius 3 is 2.40 bits per heavy atom. The van der Waals surface area contributed by atoms with Crippen LogP contribution in [0, 0.1) is 6.92 Å². The smallest absolute Gasteiger partial charge is 0.240 e. The van der Waals surface area contributed by atoms with Crippen molar-refractivity contribution in [3.8, 4) is 17.2 Å². The average Bonchev–Trinajstić information content (AvgIpc) is 2.59. The maximum atomic E-state index is 12.3. The maximum Gasteiger partial charge on any atom is 0.240 e. The van der Waals surface area contributed by atoms with E-state index in [1.807, 2.05) is 19.1 Å². The molecule has 0 amide bonds. The van der Waals surface area contributed by atoms with E-state index in [2.05, 4.69) is 4.72 Å². The van der Waals surface area contributed by atoms with E-state index in [1.165, 1.54) is 6.07 Å². The maximum absolute atomic E-state index is 12.3. The standard InChI is InChI=1S/C18H23NO5S/c1-4-23-15-6-5-7-16(13-15)24-11-10-19-25(20,21)17-8-9-18(22-3)14(2)12-17/h5-9,12-13,19H,4,10-11H2,1-3H3. The molecule has 0 aliphatic rings. The Hall–Kier alpha value is -2.25. The number of hydrogen-bond donors (Lipinski definition) is 1. The summed E-state index contributed by atoms with van der Waals surface area (Å²) in [7, 11) is -2.04. The molecule has 2 aromatic carbocycles. The topological polar surface area (TPSA) is 73.9 Å². The van der Waals surface area contributed by atoms with Gasteiger partial charge in [0.2, 0.25) is 10.0 Å². The second kappa shape index (κ2) is 8.73. The van der Waals surface area contributed by atoms with Gasteiger partial charge < -0.3 is 14.2 Å². The summed E-state index contributed by atoms with van der Waals surface area (Å²) in [5.41, 5.74) is 0.759. The van der Waals surface area contributed by atoms with Gasteiger partial charge in [-0.1, -0.05) is 6.07 Å². The lowest BCUT2D eigenvalue weighted by atomic mass is 10.2. The van der Waals surface area contributed by atoms with Gasteiger partial charge in [0.1, 0.15) is 23.9 Å². The summed E-state index contributed by atoms with van der Waals surface area (Å²) in [6.45, 7) is 4.65. The van der Waals surface area contributed by atoms with Crippen molar-refractivity contribution in [1.29, 1.82) is 0 Å². The molecule has 136 valence electrons. The summed E-state index contributed by atoms with van der Waals surface area (Å²) in [6.07, 6.45) is 0. The Kier molecular flexibility index (Phi) is 6.66. The summed E-state index contributed by atoms with van der Waals surface area (Å²) in [4.78, 5) is 0.198. The molecule has 7 heteroatoms. The first-order chi connectivity index (χ1) is 12.0. The van der Waals surface area contributed by atoms with Crippen molar-refractivity contribution < 1.29 is 22.6 Å². The van der Waals surface area contributed by atoms with Crippen LogP contribution in [0.5, 0.6) is 17.2 Å². The van der Waals surface area contributed by atoms with Crippen molar-refractivity contribution in [1.82, 2.24) is 4.72 Å². The summed E-state index contributed by atoms with van der Waals surface area (Å²) >= 11 is 0. The van der Waals surface area contributed by atoms with Crippen LogP contribution in [0.3, 0.4) is 0 Å². The highest BCUT2D eigenvalue weighted by Gasteiger charge is 2.14. The summed E-state index contributed by atoms with van der Waals surface area (Å²) < 4.78 is 43.2. The molecule has 0 aromatic heterocycles. The summed E-state index contributed by atoms with van der Waals surface area (Å²) in [5.74, 6) is 2.00. The Balaban J connectivity index is 1.90. The molecule has 0 aliphatic carbocycles. The SMILES string of the molecule is CCOc1cccc(OCCNS(=O)(=O)c2ccc(OC)c(C)c2)c1. The van der Waals surface area contributed by atoms with Crippen molar-refractivity contribution in [2.75, 3.05) is 26.9 Å². The molecule has 2 rings (SSSR count). The molecule has 25 heavy (non-hydrogen) atoms. The van der Waals surface area contributed by atoms with Crippen molar-refractivity contribution >= 4 is 10.0 Å². The predicted octanol–water partition coefficient (Wildman–Crippen LogP) is 2.76. The number of nitrogens with one attached hydrogen (secondary N) is 1. The third-order valence-electron chi connectivity index (χ3n) is 3.46. The monoisotopic (exact) mass is 365 g/mol. The highest BCUT2D eigenvalue weighted by Crippen LogP contribution is 2.21. The van der Waals surface area contributed by atoms with Gasteiger partial charge in [-0.3, -0.25) is 0 Å². The first-order valence-corrected chi connectivity index (χ1v) is 9.44. The zero-order valence-corrected chi connectivity index (χ0v) is 15.4.